The van der Waals surface area contributed by atoms with E-state index in [-0.39, 0.29) is 17.3 Å². The molecule has 3 N–H and O–H groups in total. The van der Waals surface area contributed by atoms with Gasteiger partial charge in [-0.1, -0.05) is 80.6 Å². The number of nitrogens with one attached hydrogen (secondary N) is 1. The van der Waals surface area contributed by atoms with E-state index in [4.69, 9.17) is 15.7 Å². The van der Waals surface area contributed by atoms with Gasteiger partial charge in [0.05, 0.1) is 17.2 Å². The maximum absolute atomic E-state index is 13.3. The fourth-order valence-electron chi connectivity index (χ4n) is 3.95. The van der Waals surface area contributed by atoms with E-state index in [1.807, 2.05) is 66.7 Å². The highest BCUT2D eigenvalue weighted by Crippen LogP contribution is 2.28. The zero-order valence-electron chi connectivity index (χ0n) is 19.6. The average Bonchev–Trinajstić information content (AvgIpc) is 3.15. The van der Waals surface area contributed by atoms with Crippen LogP contribution in [0.1, 0.15) is 46.8 Å². The predicted molar refractivity (Wildman–Crippen MR) is 141 cm³/mol. The van der Waals surface area contributed by atoms with Crippen LogP contribution in [0.4, 0.5) is 5.82 Å². The van der Waals surface area contributed by atoms with Crippen LogP contribution in [0.25, 0.3) is 22.2 Å². The van der Waals surface area contributed by atoms with Gasteiger partial charge in [0.1, 0.15) is 16.9 Å². The van der Waals surface area contributed by atoms with E-state index < -0.39 is 0 Å². The predicted octanol–water partition coefficient (Wildman–Crippen LogP) is 5.10. The highest BCUT2D eigenvalue weighted by molar-refractivity contribution is 6.10. The molecule has 0 aliphatic heterocycles. The lowest BCUT2D eigenvalue weighted by Crippen LogP contribution is -2.23. The molecule has 5 aromatic rings. The molecule has 7 heteroatoms. The summed E-state index contributed by atoms with van der Waals surface area (Å²) in [4.78, 5) is 22.7. The fourth-order valence-corrected chi connectivity index (χ4v) is 3.95. The summed E-state index contributed by atoms with van der Waals surface area (Å²) in [7, 11) is 0. The zero-order chi connectivity index (χ0) is 24.4. The molecule has 35 heavy (non-hydrogen) atoms. The molecule has 0 unspecified atom stereocenters. The van der Waals surface area contributed by atoms with Gasteiger partial charge >= 0.3 is 0 Å². The lowest BCUT2D eigenvalue weighted by atomic mass is 10.0. The third-order valence-corrected chi connectivity index (χ3v) is 5.92. The van der Waals surface area contributed by atoms with Crippen molar-refractivity contribution < 1.29 is 4.79 Å². The van der Waals surface area contributed by atoms with Crippen LogP contribution in [0.3, 0.4) is 0 Å². The SMILES string of the molecule is CC(C)c1ccc(/C=N\n2c(N)c(C(=O)NCc3ccccc3)c3nc4ccccc4nc32)cc1. The van der Waals surface area contributed by atoms with Crippen LogP contribution in [0, 0.1) is 0 Å². The van der Waals surface area contributed by atoms with Crippen molar-refractivity contribution in [2.75, 3.05) is 5.73 Å². The third kappa shape index (κ3) is 4.48. The molecular formula is C28H26N6O. The van der Waals surface area contributed by atoms with E-state index in [1.165, 1.54) is 10.2 Å². The summed E-state index contributed by atoms with van der Waals surface area (Å²) in [5.74, 6) is 0.317. The van der Waals surface area contributed by atoms with E-state index in [1.54, 1.807) is 6.21 Å². The second-order valence-electron chi connectivity index (χ2n) is 8.69. The highest BCUT2D eigenvalue weighted by atomic mass is 16.1. The minimum atomic E-state index is -0.323. The van der Waals surface area contributed by atoms with E-state index in [9.17, 15) is 4.79 Å². The second kappa shape index (κ2) is 9.38. The molecule has 174 valence electrons. The maximum Gasteiger partial charge on any atom is 0.257 e. The molecule has 0 aliphatic carbocycles. The number of hydrogen-bond acceptors (Lipinski definition) is 5. The van der Waals surface area contributed by atoms with Crippen LogP contribution >= 0.6 is 0 Å². The number of carbonyl (C=O) groups excluding carboxylic acids is 1. The Labute approximate surface area is 203 Å². The van der Waals surface area contributed by atoms with Crippen molar-refractivity contribution in [1.82, 2.24) is 20.0 Å². The lowest BCUT2D eigenvalue weighted by Gasteiger charge is -2.06. The lowest BCUT2D eigenvalue weighted by molar-refractivity contribution is 0.0953. The standard InChI is InChI=1S/C28H26N6O/c1-18(2)21-14-12-20(13-15-21)17-31-34-26(29)24(28(35)30-16-19-8-4-3-5-9-19)25-27(34)33-23-11-7-6-10-22(23)32-25/h3-15,17-18H,16,29H2,1-2H3,(H,30,35)/b31-17-. The number of benzene rings is 3. The molecular weight excluding hydrogens is 436 g/mol. The first kappa shape index (κ1) is 22.3. The van der Waals surface area contributed by atoms with Gasteiger partial charge in [0.15, 0.2) is 5.65 Å². The molecule has 2 heterocycles. The zero-order valence-corrected chi connectivity index (χ0v) is 19.6. The molecule has 0 fully saturated rings. The molecule has 0 saturated carbocycles. The van der Waals surface area contributed by atoms with Crippen molar-refractivity contribution >= 4 is 40.1 Å². The van der Waals surface area contributed by atoms with Gasteiger partial charge in [-0.2, -0.15) is 9.78 Å². The van der Waals surface area contributed by atoms with Gasteiger partial charge in [0.25, 0.3) is 5.91 Å². The van der Waals surface area contributed by atoms with E-state index >= 15 is 0 Å². The molecule has 7 nitrogen and oxygen atoms in total. The average molecular weight is 463 g/mol. The Balaban J connectivity index is 1.56. The summed E-state index contributed by atoms with van der Waals surface area (Å²) < 4.78 is 1.49. The number of fused-ring (bicyclic) bond motifs is 2. The van der Waals surface area contributed by atoms with Gasteiger partial charge in [-0.3, -0.25) is 4.79 Å². The first-order valence-corrected chi connectivity index (χ1v) is 11.5. The summed E-state index contributed by atoms with van der Waals surface area (Å²) in [6.07, 6.45) is 1.71. The number of aromatic nitrogens is 3. The molecule has 0 spiro atoms. The van der Waals surface area contributed by atoms with E-state index in [2.05, 4.69) is 36.4 Å². The van der Waals surface area contributed by atoms with Gasteiger partial charge in [-0.25, -0.2) is 9.97 Å². The summed E-state index contributed by atoms with van der Waals surface area (Å²) in [6.45, 7) is 4.69. The number of nitrogens with zero attached hydrogens (tertiary/aromatic N) is 4. The molecule has 1 amide bonds. The number of anilines is 1. The number of rotatable bonds is 6. The van der Waals surface area contributed by atoms with Crippen LogP contribution in [0.5, 0.6) is 0 Å². The van der Waals surface area contributed by atoms with Gasteiger partial charge in [0, 0.05) is 6.54 Å². The minimum absolute atomic E-state index is 0.191. The minimum Gasteiger partial charge on any atom is -0.383 e. The van der Waals surface area contributed by atoms with Gasteiger partial charge in [-0.15, -0.1) is 0 Å². The topological polar surface area (TPSA) is 98.2 Å². The Kier molecular flexibility index (Phi) is 5.97. The van der Waals surface area contributed by atoms with Gasteiger partial charge in [0.2, 0.25) is 0 Å². The molecule has 0 atom stereocenters. The number of nitrogen functional groups attached to an aromatic ring is 1. The van der Waals surface area contributed by atoms with Crippen LogP contribution in [0.15, 0.2) is 84.0 Å². The third-order valence-electron chi connectivity index (χ3n) is 5.92. The number of nitrogens with two attached hydrogens (primary N) is 1. The van der Waals surface area contributed by atoms with Crippen LogP contribution in [-0.4, -0.2) is 26.8 Å². The second-order valence-corrected chi connectivity index (χ2v) is 8.69. The van der Waals surface area contributed by atoms with Crippen LogP contribution < -0.4 is 11.1 Å². The molecule has 0 aliphatic rings. The Morgan fingerprint density at radius 1 is 0.971 bits per heavy atom. The van der Waals surface area contributed by atoms with Crippen molar-refractivity contribution in [2.24, 2.45) is 5.10 Å². The molecule has 0 saturated heterocycles. The van der Waals surface area contributed by atoms with Crippen molar-refractivity contribution in [3.05, 3.63) is 101 Å². The van der Waals surface area contributed by atoms with E-state index in [0.29, 0.717) is 34.7 Å². The molecule has 0 radical (unpaired) electrons. The normalized spacial score (nSPS) is 11.6. The number of para-hydroxylation sites is 2. The quantitative estimate of drug-likeness (QED) is 0.343. The summed E-state index contributed by atoms with van der Waals surface area (Å²) in [6, 6.07) is 25.4. The fraction of sp³-hybridized carbons (Fsp3) is 0.143. The first-order valence-electron chi connectivity index (χ1n) is 11.5. The Morgan fingerprint density at radius 2 is 1.63 bits per heavy atom. The monoisotopic (exact) mass is 462 g/mol. The van der Waals surface area contributed by atoms with Crippen molar-refractivity contribution in [1.29, 1.82) is 0 Å². The Morgan fingerprint density at radius 3 is 2.31 bits per heavy atom. The number of hydrogen-bond donors (Lipinski definition) is 2. The van der Waals surface area contributed by atoms with Crippen molar-refractivity contribution in [3.8, 4) is 0 Å². The van der Waals surface area contributed by atoms with Crippen LogP contribution in [0.2, 0.25) is 0 Å². The van der Waals surface area contributed by atoms with E-state index in [0.717, 1.165) is 11.1 Å². The largest absolute Gasteiger partial charge is 0.383 e. The molecule has 5 rings (SSSR count). The summed E-state index contributed by atoms with van der Waals surface area (Å²) in [5, 5.41) is 7.54. The maximum atomic E-state index is 13.3. The van der Waals surface area contributed by atoms with Crippen molar-refractivity contribution in [3.63, 3.8) is 0 Å². The Bertz CT molecular complexity index is 1540. The molecule has 3 aromatic carbocycles. The highest BCUT2D eigenvalue weighted by Gasteiger charge is 2.24. The summed E-state index contributed by atoms with van der Waals surface area (Å²) in [5.41, 5.74) is 12.1. The first-order chi connectivity index (χ1) is 17.0. The number of carbonyl (C=O) groups is 1. The van der Waals surface area contributed by atoms with Gasteiger partial charge in [-0.05, 0) is 34.7 Å². The van der Waals surface area contributed by atoms with Crippen LogP contribution in [-0.2, 0) is 6.54 Å². The molecule has 2 aromatic heterocycles. The van der Waals surface area contributed by atoms with Gasteiger partial charge < -0.3 is 11.1 Å². The smallest absolute Gasteiger partial charge is 0.257 e. The molecule has 0 bridgehead atoms. The summed E-state index contributed by atoms with van der Waals surface area (Å²) >= 11 is 0. The van der Waals surface area contributed by atoms with Crippen molar-refractivity contribution in [2.45, 2.75) is 26.3 Å². The number of amides is 1. The Hall–Kier alpha value is -4.52.